The minimum Gasteiger partial charge on any atom is -0.322 e. The Balaban J connectivity index is 1.82. The Labute approximate surface area is 176 Å². The summed E-state index contributed by atoms with van der Waals surface area (Å²) < 4.78 is 27.6. The molecule has 1 N–H and O–H groups in total. The molecule has 1 fully saturated rings. The van der Waals surface area contributed by atoms with Gasteiger partial charge in [-0.3, -0.25) is 4.79 Å². The van der Waals surface area contributed by atoms with E-state index in [4.69, 9.17) is 16.9 Å². The number of rotatable bonds is 4. The standard InChI is InChI=1S/C21H22ClN3O3S/c1-14-8-15(2)13-25(12-14)29(27,28)19-5-3-4-16(9-19)21(26)24-18-7-6-17(11-23)20(22)10-18/h3-7,9-10,14-15H,8,12-13H2,1-2H3,(H,24,26). The molecule has 0 saturated carbocycles. The minimum absolute atomic E-state index is 0.101. The topological polar surface area (TPSA) is 90.3 Å². The predicted molar refractivity (Wildman–Crippen MR) is 112 cm³/mol. The summed E-state index contributed by atoms with van der Waals surface area (Å²) in [5.74, 6) is 0.130. The first-order chi connectivity index (χ1) is 13.7. The molecule has 29 heavy (non-hydrogen) atoms. The zero-order chi connectivity index (χ0) is 21.2. The molecule has 0 aromatic heterocycles. The molecule has 1 aliphatic heterocycles. The molecule has 3 rings (SSSR count). The number of nitrogens with zero attached hydrogens (tertiary/aromatic N) is 2. The highest BCUT2D eigenvalue weighted by atomic mass is 35.5. The maximum absolute atomic E-state index is 13.1. The van der Waals surface area contributed by atoms with Crippen molar-refractivity contribution in [2.75, 3.05) is 18.4 Å². The first-order valence-corrected chi connectivity index (χ1v) is 11.1. The third-order valence-corrected chi connectivity index (χ3v) is 7.06. The molecule has 1 amide bonds. The molecule has 152 valence electrons. The number of sulfonamides is 1. The van der Waals surface area contributed by atoms with Gasteiger partial charge in [0.1, 0.15) is 6.07 Å². The van der Waals surface area contributed by atoms with E-state index in [0.29, 0.717) is 36.2 Å². The summed E-state index contributed by atoms with van der Waals surface area (Å²) in [5.41, 5.74) is 0.957. The largest absolute Gasteiger partial charge is 0.322 e. The van der Waals surface area contributed by atoms with Crippen molar-refractivity contribution < 1.29 is 13.2 Å². The zero-order valence-electron chi connectivity index (χ0n) is 16.2. The van der Waals surface area contributed by atoms with Gasteiger partial charge in [0.15, 0.2) is 0 Å². The van der Waals surface area contributed by atoms with Crippen LogP contribution in [0.25, 0.3) is 0 Å². The predicted octanol–water partition coefficient (Wildman–Crippen LogP) is 4.13. The van der Waals surface area contributed by atoms with Crippen LogP contribution in [0.1, 0.15) is 36.2 Å². The number of nitriles is 1. The van der Waals surface area contributed by atoms with E-state index in [9.17, 15) is 13.2 Å². The van der Waals surface area contributed by atoms with Gasteiger partial charge in [-0.15, -0.1) is 0 Å². The van der Waals surface area contributed by atoms with E-state index in [-0.39, 0.29) is 15.5 Å². The summed E-state index contributed by atoms with van der Waals surface area (Å²) in [6.45, 7) is 5.05. The number of anilines is 1. The first kappa shape index (κ1) is 21.3. The summed E-state index contributed by atoms with van der Waals surface area (Å²) >= 11 is 5.99. The minimum atomic E-state index is -3.68. The molecular formula is C21H22ClN3O3S. The molecule has 0 bridgehead atoms. The lowest BCUT2D eigenvalue weighted by Crippen LogP contribution is -2.42. The van der Waals surface area contributed by atoms with E-state index in [1.807, 2.05) is 19.9 Å². The fourth-order valence-electron chi connectivity index (χ4n) is 3.64. The molecule has 1 heterocycles. The molecule has 0 spiro atoms. The van der Waals surface area contributed by atoms with Gasteiger partial charge >= 0.3 is 0 Å². The number of nitrogens with one attached hydrogen (secondary N) is 1. The number of piperidine rings is 1. The average molecular weight is 432 g/mol. The van der Waals surface area contributed by atoms with E-state index in [1.165, 1.54) is 28.6 Å². The van der Waals surface area contributed by atoms with Crippen LogP contribution in [0.2, 0.25) is 5.02 Å². The van der Waals surface area contributed by atoms with Gasteiger partial charge in [0, 0.05) is 24.3 Å². The molecule has 0 aliphatic carbocycles. The average Bonchev–Trinajstić information content (AvgIpc) is 2.67. The van der Waals surface area contributed by atoms with Crippen molar-refractivity contribution >= 4 is 33.2 Å². The van der Waals surface area contributed by atoms with Crippen molar-refractivity contribution in [3.63, 3.8) is 0 Å². The fourth-order valence-corrected chi connectivity index (χ4v) is 5.58. The molecular weight excluding hydrogens is 410 g/mol. The number of carbonyl (C=O) groups excluding carboxylic acids is 1. The number of carbonyl (C=O) groups is 1. The Kier molecular flexibility index (Phi) is 6.27. The summed E-state index contributed by atoms with van der Waals surface area (Å²) in [4.78, 5) is 12.7. The Morgan fingerprint density at radius 2 is 1.86 bits per heavy atom. The van der Waals surface area contributed by atoms with Gasteiger partial charge in [-0.1, -0.05) is 31.5 Å². The van der Waals surface area contributed by atoms with Gasteiger partial charge in [-0.25, -0.2) is 8.42 Å². The summed E-state index contributed by atoms with van der Waals surface area (Å²) in [7, 11) is -3.68. The van der Waals surface area contributed by atoms with Gasteiger partial charge in [-0.05, 0) is 54.7 Å². The van der Waals surface area contributed by atoms with E-state index in [0.717, 1.165) is 6.42 Å². The third kappa shape index (κ3) is 4.78. The maximum Gasteiger partial charge on any atom is 0.255 e. The molecule has 1 saturated heterocycles. The molecule has 2 aromatic rings. The number of hydrogen-bond donors (Lipinski definition) is 1. The molecule has 1 aliphatic rings. The van der Waals surface area contributed by atoms with Crippen LogP contribution in [0, 0.1) is 23.2 Å². The number of benzene rings is 2. The van der Waals surface area contributed by atoms with Crippen LogP contribution < -0.4 is 5.32 Å². The fraction of sp³-hybridized carbons (Fsp3) is 0.333. The Morgan fingerprint density at radius 1 is 1.17 bits per heavy atom. The van der Waals surface area contributed by atoms with Crippen molar-refractivity contribution in [2.24, 2.45) is 11.8 Å². The Bertz CT molecular complexity index is 1070. The molecule has 2 unspecified atom stereocenters. The number of halogens is 1. The Hall–Kier alpha value is -2.40. The lowest BCUT2D eigenvalue weighted by molar-refractivity contribution is 0.102. The van der Waals surface area contributed by atoms with Crippen LogP contribution in [-0.4, -0.2) is 31.7 Å². The van der Waals surface area contributed by atoms with E-state index >= 15 is 0 Å². The van der Waals surface area contributed by atoms with Gasteiger partial charge < -0.3 is 5.32 Å². The van der Waals surface area contributed by atoms with Gasteiger partial charge in [-0.2, -0.15) is 9.57 Å². The van der Waals surface area contributed by atoms with Gasteiger partial charge in [0.25, 0.3) is 5.91 Å². The monoisotopic (exact) mass is 431 g/mol. The van der Waals surface area contributed by atoms with Crippen LogP contribution in [0.5, 0.6) is 0 Å². The summed E-state index contributed by atoms with van der Waals surface area (Å²) in [6.07, 6.45) is 1.00. The summed E-state index contributed by atoms with van der Waals surface area (Å²) in [5, 5.41) is 11.8. The second-order valence-corrected chi connectivity index (χ2v) is 9.90. The van der Waals surface area contributed by atoms with Gasteiger partial charge in [0.2, 0.25) is 10.0 Å². The van der Waals surface area contributed by atoms with Crippen molar-refractivity contribution in [3.05, 3.63) is 58.6 Å². The summed E-state index contributed by atoms with van der Waals surface area (Å²) in [6, 6.07) is 12.5. The molecule has 0 radical (unpaired) electrons. The van der Waals surface area contributed by atoms with Crippen LogP contribution in [0.3, 0.4) is 0 Å². The van der Waals surface area contributed by atoms with E-state index < -0.39 is 15.9 Å². The number of hydrogen-bond acceptors (Lipinski definition) is 4. The lowest BCUT2D eigenvalue weighted by Gasteiger charge is -2.34. The van der Waals surface area contributed by atoms with Crippen LogP contribution in [0.4, 0.5) is 5.69 Å². The van der Waals surface area contributed by atoms with Crippen molar-refractivity contribution in [3.8, 4) is 6.07 Å². The highest BCUT2D eigenvalue weighted by molar-refractivity contribution is 7.89. The van der Waals surface area contributed by atoms with Gasteiger partial charge in [0.05, 0.1) is 15.5 Å². The Morgan fingerprint density at radius 3 is 2.48 bits per heavy atom. The number of amides is 1. The molecule has 2 aromatic carbocycles. The van der Waals surface area contributed by atoms with Crippen LogP contribution in [0.15, 0.2) is 47.4 Å². The highest BCUT2D eigenvalue weighted by Crippen LogP contribution is 2.27. The normalized spacial score (nSPS) is 20.1. The zero-order valence-corrected chi connectivity index (χ0v) is 17.8. The quantitative estimate of drug-likeness (QED) is 0.787. The molecule has 2 atom stereocenters. The van der Waals surface area contributed by atoms with Crippen molar-refractivity contribution in [1.29, 1.82) is 5.26 Å². The van der Waals surface area contributed by atoms with E-state index in [1.54, 1.807) is 18.2 Å². The van der Waals surface area contributed by atoms with Crippen molar-refractivity contribution in [2.45, 2.75) is 25.2 Å². The lowest BCUT2D eigenvalue weighted by atomic mass is 9.94. The van der Waals surface area contributed by atoms with E-state index in [2.05, 4.69) is 5.32 Å². The third-order valence-electron chi connectivity index (χ3n) is 4.92. The SMILES string of the molecule is CC1CC(C)CN(S(=O)(=O)c2cccc(C(=O)Nc3ccc(C#N)c(Cl)c3)c2)C1. The smallest absolute Gasteiger partial charge is 0.255 e. The first-order valence-electron chi connectivity index (χ1n) is 9.32. The highest BCUT2D eigenvalue weighted by Gasteiger charge is 2.32. The second kappa shape index (κ2) is 8.54. The maximum atomic E-state index is 13.1. The molecule has 8 heteroatoms. The van der Waals surface area contributed by atoms with Crippen LogP contribution in [-0.2, 0) is 10.0 Å². The van der Waals surface area contributed by atoms with Crippen LogP contribution >= 0.6 is 11.6 Å². The second-order valence-electron chi connectivity index (χ2n) is 7.56. The molecule has 6 nitrogen and oxygen atoms in total. The van der Waals surface area contributed by atoms with Crippen molar-refractivity contribution in [1.82, 2.24) is 4.31 Å².